The molecule has 4 rings (SSSR count). The van der Waals surface area contributed by atoms with Crippen molar-refractivity contribution in [2.75, 3.05) is 13.2 Å². The molecule has 0 atom stereocenters. The lowest BCUT2D eigenvalue weighted by molar-refractivity contribution is 0.0129. The third-order valence-electron chi connectivity index (χ3n) is 8.00. The average molecular weight is 519 g/mol. The van der Waals surface area contributed by atoms with Crippen molar-refractivity contribution in [2.24, 2.45) is 0 Å². The Morgan fingerprint density at radius 3 is 1.81 bits per heavy atom. The summed E-state index contributed by atoms with van der Waals surface area (Å²) in [5, 5.41) is 0. The summed E-state index contributed by atoms with van der Waals surface area (Å²) in [4.78, 5) is 0. The largest absolute Gasteiger partial charge is 0.491 e. The second kappa shape index (κ2) is 13.7. The summed E-state index contributed by atoms with van der Waals surface area (Å²) >= 11 is 0. The Bertz CT molecular complexity index is 995. The van der Waals surface area contributed by atoms with Crippen LogP contribution in [0.1, 0.15) is 107 Å². The van der Waals surface area contributed by atoms with E-state index in [-0.39, 0.29) is 35.6 Å². The zero-order valence-electron chi connectivity index (χ0n) is 22.2. The van der Waals surface area contributed by atoms with Crippen molar-refractivity contribution in [1.82, 2.24) is 0 Å². The minimum atomic E-state index is -0.673. The average Bonchev–Trinajstić information content (AvgIpc) is 2.91. The molecule has 0 bridgehead atoms. The molecule has 2 aliphatic rings. The Kier molecular flexibility index (Phi) is 10.3. The highest BCUT2D eigenvalue weighted by molar-refractivity contribution is 5.32. The molecular weight excluding hydrogens is 477 g/mol. The van der Waals surface area contributed by atoms with Crippen LogP contribution in [-0.2, 0) is 16.1 Å². The summed E-state index contributed by atoms with van der Waals surface area (Å²) in [6.07, 6.45) is 9.01. The monoisotopic (exact) mass is 518 g/mol. The van der Waals surface area contributed by atoms with Gasteiger partial charge in [0.15, 0.2) is 23.2 Å². The highest BCUT2D eigenvalue weighted by Gasteiger charge is 2.30. The first kappa shape index (κ1) is 28.0. The van der Waals surface area contributed by atoms with Crippen LogP contribution in [0.5, 0.6) is 5.75 Å². The molecule has 0 amide bonds. The van der Waals surface area contributed by atoms with Crippen LogP contribution in [0, 0.1) is 17.5 Å². The Labute approximate surface area is 219 Å². The molecule has 3 nitrogen and oxygen atoms in total. The van der Waals surface area contributed by atoms with Gasteiger partial charge in [-0.05, 0) is 105 Å². The van der Waals surface area contributed by atoms with Crippen molar-refractivity contribution in [2.45, 2.75) is 109 Å². The summed E-state index contributed by atoms with van der Waals surface area (Å²) in [6.45, 7) is 5.49. The van der Waals surface area contributed by atoms with Gasteiger partial charge in [-0.1, -0.05) is 31.5 Å². The maximum Gasteiger partial charge on any atom is 0.165 e. The van der Waals surface area contributed by atoms with E-state index in [1.807, 2.05) is 25.1 Å². The van der Waals surface area contributed by atoms with Gasteiger partial charge in [-0.2, -0.15) is 0 Å². The standard InChI is InChI=1S/C31H41F3O3/c1-3-5-18-36-24-11-7-22(8-12-24)26-15-16-27(31(34)30(26)33)23-9-13-25(14-10-23)37-20-21-6-17-29(35-4-2)28(32)19-21/h6,15-17,19,22-25H,3-5,7-14,18,20H2,1-2H3. The second-order valence-electron chi connectivity index (χ2n) is 10.6. The lowest BCUT2D eigenvalue weighted by atomic mass is 9.79. The molecule has 0 aromatic heterocycles. The van der Waals surface area contributed by atoms with Gasteiger partial charge in [0.1, 0.15) is 0 Å². The van der Waals surface area contributed by atoms with Gasteiger partial charge in [0.2, 0.25) is 0 Å². The molecule has 6 heteroatoms. The zero-order chi connectivity index (χ0) is 26.2. The molecule has 0 saturated heterocycles. The van der Waals surface area contributed by atoms with Gasteiger partial charge in [0, 0.05) is 6.61 Å². The Balaban J connectivity index is 1.27. The summed E-state index contributed by atoms with van der Waals surface area (Å²) in [6, 6.07) is 8.52. The molecule has 0 spiro atoms. The van der Waals surface area contributed by atoms with Gasteiger partial charge < -0.3 is 14.2 Å². The van der Waals surface area contributed by atoms with Gasteiger partial charge in [-0.3, -0.25) is 0 Å². The van der Waals surface area contributed by atoms with E-state index in [2.05, 4.69) is 6.92 Å². The van der Waals surface area contributed by atoms with Crippen LogP contribution >= 0.6 is 0 Å². The molecule has 37 heavy (non-hydrogen) atoms. The molecule has 2 saturated carbocycles. The third-order valence-corrected chi connectivity index (χ3v) is 8.00. The van der Waals surface area contributed by atoms with Crippen LogP contribution < -0.4 is 4.74 Å². The van der Waals surface area contributed by atoms with Crippen molar-refractivity contribution in [3.05, 3.63) is 64.5 Å². The summed E-state index contributed by atoms with van der Waals surface area (Å²) in [5.74, 6) is -1.42. The lowest BCUT2D eigenvalue weighted by Gasteiger charge is -2.31. The quantitative estimate of drug-likeness (QED) is 0.279. The van der Waals surface area contributed by atoms with E-state index in [0.29, 0.717) is 24.3 Å². The SMILES string of the molecule is CCCCOC1CCC(c2ccc(C3CCC(OCc4ccc(OCC)c(F)c4)CC3)c(F)c2F)CC1. The Morgan fingerprint density at radius 2 is 1.30 bits per heavy atom. The molecule has 0 unspecified atom stereocenters. The number of rotatable bonds is 11. The first-order valence-corrected chi connectivity index (χ1v) is 14.1. The van der Waals surface area contributed by atoms with Crippen molar-refractivity contribution in [3.63, 3.8) is 0 Å². The predicted octanol–water partition coefficient (Wildman–Crippen LogP) is 8.59. The van der Waals surface area contributed by atoms with Crippen LogP contribution in [0.25, 0.3) is 0 Å². The molecule has 204 valence electrons. The van der Waals surface area contributed by atoms with Crippen LogP contribution in [0.2, 0.25) is 0 Å². The fourth-order valence-electron chi connectivity index (χ4n) is 5.81. The van der Waals surface area contributed by atoms with E-state index < -0.39 is 11.6 Å². The minimum Gasteiger partial charge on any atom is -0.491 e. The molecule has 2 fully saturated rings. The normalized spacial score (nSPS) is 24.2. The molecular formula is C31H41F3O3. The van der Waals surface area contributed by atoms with E-state index >= 15 is 8.78 Å². The molecule has 2 aromatic rings. The lowest BCUT2D eigenvalue weighted by Crippen LogP contribution is -2.23. The summed E-state index contributed by atoms with van der Waals surface area (Å²) in [7, 11) is 0. The van der Waals surface area contributed by atoms with Crippen LogP contribution in [0.3, 0.4) is 0 Å². The first-order valence-electron chi connectivity index (χ1n) is 14.1. The van der Waals surface area contributed by atoms with Gasteiger partial charge >= 0.3 is 0 Å². The molecule has 2 aromatic carbocycles. The summed E-state index contributed by atoms with van der Waals surface area (Å²) in [5.41, 5.74) is 1.77. The highest BCUT2D eigenvalue weighted by Crippen LogP contribution is 2.40. The van der Waals surface area contributed by atoms with Crippen LogP contribution in [0.15, 0.2) is 30.3 Å². The van der Waals surface area contributed by atoms with Gasteiger partial charge in [0.05, 0.1) is 25.4 Å². The highest BCUT2D eigenvalue weighted by atomic mass is 19.2. The van der Waals surface area contributed by atoms with E-state index in [1.54, 1.807) is 6.07 Å². The summed E-state index contributed by atoms with van der Waals surface area (Å²) < 4.78 is 61.6. The number of benzene rings is 2. The molecule has 2 aliphatic carbocycles. The van der Waals surface area contributed by atoms with E-state index in [0.717, 1.165) is 76.4 Å². The Hall–Kier alpha value is -2.05. The third kappa shape index (κ3) is 7.29. The molecule has 0 radical (unpaired) electrons. The zero-order valence-corrected chi connectivity index (χ0v) is 22.2. The topological polar surface area (TPSA) is 27.7 Å². The fourth-order valence-corrected chi connectivity index (χ4v) is 5.81. The maximum atomic E-state index is 15.2. The second-order valence-corrected chi connectivity index (χ2v) is 10.6. The van der Waals surface area contributed by atoms with Crippen molar-refractivity contribution >= 4 is 0 Å². The molecule has 0 heterocycles. The van der Waals surface area contributed by atoms with E-state index in [1.165, 1.54) is 6.07 Å². The predicted molar refractivity (Wildman–Crippen MR) is 140 cm³/mol. The first-order chi connectivity index (χ1) is 18.0. The van der Waals surface area contributed by atoms with Crippen LogP contribution in [0.4, 0.5) is 13.2 Å². The van der Waals surface area contributed by atoms with Gasteiger partial charge in [0.25, 0.3) is 0 Å². The van der Waals surface area contributed by atoms with Crippen LogP contribution in [-0.4, -0.2) is 25.4 Å². The van der Waals surface area contributed by atoms with Crippen molar-refractivity contribution in [3.8, 4) is 5.75 Å². The molecule has 0 aliphatic heterocycles. The number of halogens is 3. The van der Waals surface area contributed by atoms with Gasteiger partial charge in [-0.25, -0.2) is 13.2 Å². The Morgan fingerprint density at radius 1 is 0.730 bits per heavy atom. The van der Waals surface area contributed by atoms with Gasteiger partial charge in [-0.15, -0.1) is 0 Å². The molecule has 0 N–H and O–H groups in total. The smallest absolute Gasteiger partial charge is 0.165 e. The number of ether oxygens (including phenoxy) is 3. The minimum absolute atomic E-state index is 0.00553. The van der Waals surface area contributed by atoms with E-state index in [4.69, 9.17) is 14.2 Å². The number of unbranched alkanes of at least 4 members (excludes halogenated alkanes) is 1. The number of hydrogen-bond acceptors (Lipinski definition) is 3. The van der Waals surface area contributed by atoms with Crippen molar-refractivity contribution < 1.29 is 27.4 Å². The fraction of sp³-hybridized carbons (Fsp3) is 0.613. The number of hydrogen-bond donors (Lipinski definition) is 0. The van der Waals surface area contributed by atoms with Crippen molar-refractivity contribution in [1.29, 1.82) is 0 Å². The maximum absolute atomic E-state index is 15.2. The van der Waals surface area contributed by atoms with E-state index in [9.17, 15) is 4.39 Å².